The molecule has 0 aromatic carbocycles. The molecule has 24 heavy (non-hydrogen) atoms. The molecular formula is C17H31NNaO5+. The summed E-state index contributed by atoms with van der Waals surface area (Å²) < 4.78 is -0.515. The van der Waals surface area contributed by atoms with Crippen LogP contribution < -0.4 is 34.7 Å². The quantitative estimate of drug-likeness (QED) is 0.185. The fourth-order valence-electron chi connectivity index (χ4n) is 3.05. The molecule has 0 aliphatic carbocycles. The maximum absolute atomic E-state index is 11.6. The van der Waals surface area contributed by atoms with Crippen LogP contribution in [0.3, 0.4) is 0 Å². The number of carbonyl (C=O) groups is 2. The standard InChI is InChI=1S/C17H31NO5.Na/c1-4-7-8-9-10-11-12-18(13-19,14(5-2)16(20)21)15(6-3)17(22)23;/h11-12,14-15,19H,4-10,13H2,1-3H3,(H-,20,21,22,23);/q;+1/b12-11+;. The Hall–Kier alpha value is -0.400. The van der Waals surface area contributed by atoms with Crippen molar-refractivity contribution in [3.63, 3.8) is 0 Å². The van der Waals surface area contributed by atoms with Gasteiger partial charge < -0.3 is 20.1 Å². The van der Waals surface area contributed by atoms with E-state index in [2.05, 4.69) is 6.92 Å². The second-order valence-corrected chi connectivity index (χ2v) is 5.88. The SMILES string of the molecule is CCCCCC/C=C/[N+](CO)(C(CC)C(=O)[O-])C(CC)C(=O)O.[Na+]. The minimum Gasteiger partial charge on any atom is -0.544 e. The van der Waals surface area contributed by atoms with E-state index in [4.69, 9.17) is 0 Å². The third-order valence-corrected chi connectivity index (χ3v) is 4.34. The van der Waals surface area contributed by atoms with Gasteiger partial charge in [0, 0.05) is 12.8 Å². The summed E-state index contributed by atoms with van der Waals surface area (Å²) in [4.78, 5) is 23.1. The van der Waals surface area contributed by atoms with Gasteiger partial charge in [0.1, 0.15) is 6.04 Å². The average Bonchev–Trinajstić information content (AvgIpc) is 2.50. The second kappa shape index (κ2) is 13.8. The number of carbonyl (C=O) groups excluding carboxylic acids is 1. The Labute approximate surface area is 167 Å². The molecule has 3 unspecified atom stereocenters. The zero-order chi connectivity index (χ0) is 17.9. The molecule has 0 heterocycles. The van der Waals surface area contributed by atoms with Gasteiger partial charge in [-0.3, -0.25) is 4.48 Å². The summed E-state index contributed by atoms with van der Waals surface area (Å²) in [5.41, 5.74) is 0. The van der Waals surface area contributed by atoms with E-state index in [1.807, 2.05) is 0 Å². The summed E-state index contributed by atoms with van der Waals surface area (Å²) in [5, 5.41) is 30.8. The van der Waals surface area contributed by atoms with E-state index >= 15 is 0 Å². The molecule has 0 saturated heterocycles. The van der Waals surface area contributed by atoms with Crippen LogP contribution in [0.25, 0.3) is 0 Å². The third kappa shape index (κ3) is 7.23. The van der Waals surface area contributed by atoms with Crippen molar-refractivity contribution >= 4 is 11.9 Å². The molecule has 0 aliphatic heterocycles. The number of aliphatic hydroxyl groups is 1. The Morgan fingerprint density at radius 1 is 1.08 bits per heavy atom. The van der Waals surface area contributed by atoms with E-state index in [1.165, 1.54) is 0 Å². The monoisotopic (exact) mass is 352 g/mol. The first-order valence-electron chi connectivity index (χ1n) is 8.50. The van der Waals surface area contributed by atoms with Crippen LogP contribution in [0.4, 0.5) is 0 Å². The summed E-state index contributed by atoms with van der Waals surface area (Å²) in [6, 6.07) is -2.11. The van der Waals surface area contributed by atoms with Crippen molar-refractivity contribution in [2.45, 2.75) is 77.8 Å². The Morgan fingerprint density at radius 3 is 2.04 bits per heavy atom. The second-order valence-electron chi connectivity index (χ2n) is 5.88. The van der Waals surface area contributed by atoms with E-state index in [0.717, 1.165) is 32.1 Å². The van der Waals surface area contributed by atoms with Crippen LogP contribution in [0.15, 0.2) is 12.3 Å². The molecule has 0 bridgehead atoms. The molecule has 0 fully saturated rings. The number of rotatable bonds is 13. The van der Waals surface area contributed by atoms with E-state index in [-0.39, 0.29) is 42.4 Å². The molecule has 0 aliphatic rings. The number of carboxylic acid groups (broad SMARTS) is 2. The molecule has 134 valence electrons. The van der Waals surface area contributed by atoms with Crippen LogP contribution >= 0.6 is 0 Å². The predicted octanol–water partition coefficient (Wildman–Crippen LogP) is -1.37. The van der Waals surface area contributed by atoms with Gasteiger partial charge in [-0.2, -0.15) is 0 Å². The molecule has 0 aromatic rings. The molecule has 6 nitrogen and oxygen atoms in total. The molecule has 0 rings (SSSR count). The van der Waals surface area contributed by atoms with Crippen LogP contribution in [-0.2, 0) is 9.59 Å². The maximum atomic E-state index is 11.6. The largest absolute Gasteiger partial charge is 1.00 e. The number of unbranched alkanes of at least 4 members (excludes halogenated alkanes) is 4. The minimum absolute atomic E-state index is 0. The van der Waals surface area contributed by atoms with Crippen molar-refractivity contribution in [2.24, 2.45) is 0 Å². The van der Waals surface area contributed by atoms with E-state index in [9.17, 15) is 24.9 Å². The summed E-state index contributed by atoms with van der Waals surface area (Å²) in [6.45, 7) is 4.88. The van der Waals surface area contributed by atoms with Crippen LogP contribution in [0, 0.1) is 0 Å². The van der Waals surface area contributed by atoms with Gasteiger partial charge in [0.25, 0.3) is 0 Å². The van der Waals surface area contributed by atoms with Gasteiger partial charge >= 0.3 is 35.5 Å². The van der Waals surface area contributed by atoms with Crippen molar-refractivity contribution < 1.29 is 58.9 Å². The number of hydrogen-bond donors (Lipinski definition) is 2. The van der Waals surface area contributed by atoms with Crippen LogP contribution in [-0.4, -0.2) is 45.4 Å². The average molecular weight is 352 g/mol. The topological polar surface area (TPSA) is 97.7 Å². The molecule has 3 atom stereocenters. The number of quaternary nitrogens is 1. The molecule has 0 aromatic heterocycles. The Bertz CT molecular complexity index is 378. The smallest absolute Gasteiger partial charge is 0.544 e. The van der Waals surface area contributed by atoms with Crippen molar-refractivity contribution in [2.75, 3.05) is 6.73 Å². The normalized spacial score (nSPS) is 16.2. The van der Waals surface area contributed by atoms with Gasteiger partial charge in [0.05, 0.1) is 12.2 Å². The van der Waals surface area contributed by atoms with Crippen molar-refractivity contribution in [3.05, 3.63) is 12.3 Å². The molecular weight excluding hydrogens is 321 g/mol. The van der Waals surface area contributed by atoms with E-state index < -0.39 is 35.2 Å². The molecule has 2 N–H and O–H groups in total. The Kier molecular flexibility index (Phi) is 14.9. The van der Waals surface area contributed by atoms with Crippen LogP contribution in [0.2, 0.25) is 0 Å². The molecule has 0 radical (unpaired) electrons. The number of aliphatic hydroxyl groups excluding tert-OH is 1. The van der Waals surface area contributed by atoms with Gasteiger partial charge in [0.2, 0.25) is 0 Å². The predicted molar refractivity (Wildman–Crippen MR) is 86.0 cm³/mol. The minimum atomic E-state index is -1.34. The first kappa shape index (κ1) is 25.8. The van der Waals surface area contributed by atoms with E-state index in [1.54, 1.807) is 26.1 Å². The van der Waals surface area contributed by atoms with Crippen molar-refractivity contribution in [3.8, 4) is 0 Å². The number of allylic oxidation sites excluding steroid dienone is 1. The fraction of sp³-hybridized carbons (Fsp3) is 0.765. The van der Waals surface area contributed by atoms with Gasteiger partial charge in [0.15, 0.2) is 12.8 Å². The molecule has 0 spiro atoms. The third-order valence-electron chi connectivity index (χ3n) is 4.34. The molecule has 7 heteroatoms. The zero-order valence-electron chi connectivity index (χ0n) is 15.5. The summed E-state index contributed by atoms with van der Waals surface area (Å²) in [5.74, 6) is -2.45. The van der Waals surface area contributed by atoms with Crippen LogP contribution in [0.5, 0.6) is 0 Å². The van der Waals surface area contributed by atoms with Gasteiger partial charge in [-0.1, -0.05) is 40.0 Å². The number of carboxylic acids is 2. The van der Waals surface area contributed by atoms with Gasteiger partial charge in [-0.05, 0) is 18.9 Å². The Balaban J connectivity index is 0. The van der Waals surface area contributed by atoms with Crippen LogP contribution in [0.1, 0.15) is 65.7 Å². The molecule has 0 saturated carbocycles. The first-order valence-corrected chi connectivity index (χ1v) is 8.50. The summed E-state index contributed by atoms with van der Waals surface area (Å²) in [7, 11) is 0. The summed E-state index contributed by atoms with van der Waals surface area (Å²) in [6.07, 6.45) is 8.79. The van der Waals surface area contributed by atoms with Crippen molar-refractivity contribution in [1.82, 2.24) is 0 Å². The maximum Gasteiger partial charge on any atom is 1.00 e. The van der Waals surface area contributed by atoms with Gasteiger partial charge in [-0.25, -0.2) is 4.79 Å². The fourth-order valence-corrected chi connectivity index (χ4v) is 3.05. The number of hydrogen-bond acceptors (Lipinski definition) is 4. The zero-order valence-corrected chi connectivity index (χ0v) is 17.5. The van der Waals surface area contributed by atoms with Crippen molar-refractivity contribution in [1.29, 1.82) is 0 Å². The summed E-state index contributed by atoms with van der Waals surface area (Å²) >= 11 is 0. The van der Waals surface area contributed by atoms with E-state index in [0.29, 0.717) is 0 Å². The first-order chi connectivity index (χ1) is 10.9. The van der Waals surface area contributed by atoms with Gasteiger partial charge in [-0.15, -0.1) is 0 Å². The Morgan fingerprint density at radius 2 is 1.67 bits per heavy atom. The number of nitrogens with zero attached hydrogens (tertiary/aromatic N) is 1. The number of aliphatic carboxylic acids is 2. The molecule has 0 amide bonds.